The Morgan fingerprint density at radius 3 is 2.22 bits per heavy atom. The van der Waals surface area contributed by atoms with E-state index >= 15 is 0 Å². The smallest absolute Gasteiger partial charge is 0.337 e. The molecular weight excluding hydrogens is 668 g/mol. The number of para-hydroxylation sites is 1. The van der Waals surface area contributed by atoms with Crippen molar-refractivity contribution in [3.8, 4) is 28.5 Å². The van der Waals surface area contributed by atoms with E-state index in [1.54, 1.807) is 18.2 Å². The number of aromatic amines is 1. The summed E-state index contributed by atoms with van der Waals surface area (Å²) < 4.78 is 7.53. The summed E-state index contributed by atoms with van der Waals surface area (Å²) in [6.45, 7) is 2.07. The minimum absolute atomic E-state index is 0.0748. The Morgan fingerprint density at radius 1 is 0.980 bits per heavy atom. The Hall–Kier alpha value is -6.15. The Labute approximate surface area is 290 Å². The number of aromatic carboxylic acids is 1. The number of carbonyl (C=O) groups is 2. The van der Waals surface area contributed by atoms with Crippen molar-refractivity contribution in [1.29, 1.82) is 0 Å². The first-order valence-corrected chi connectivity index (χ1v) is 15.4. The fourth-order valence-corrected chi connectivity index (χ4v) is 4.38. The number of guanidine groups is 1. The summed E-state index contributed by atoms with van der Waals surface area (Å²) in [7, 11) is 0. The van der Waals surface area contributed by atoms with Gasteiger partial charge in [-0.25, -0.2) is 4.79 Å². The number of fused-ring (bicyclic) bond motifs is 1. The molecule has 0 aliphatic heterocycles. The number of nitrogens with one attached hydrogen (secondary N) is 1. The van der Waals surface area contributed by atoms with Gasteiger partial charge in [-0.2, -0.15) is 10.2 Å². The number of nitrogens with zero attached hydrogens (tertiary/aromatic N) is 6. The largest absolute Gasteiger partial charge is 0.480 e. The van der Waals surface area contributed by atoms with E-state index < -0.39 is 24.1 Å². The first-order valence-electron chi connectivity index (χ1n) is 15.4. The number of aromatic nitrogens is 6. The van der Waals surface area contributed by atoms with Crippen LogP contribution >= 0.6 is 0 Å². The molecule has 19 nitrogen and oxygen atoms in total. The van der Waals surface area contributed by atoms with Gasteiger partial charge in [0, 0.05) is 12.0 Å². The van der Waals surface area contributed by atoms with Gasteiger partial charge in [0.1, 0.15) is 18.8 Å². The van der Waals surface area contributed by atoms with Crippen molar-refractivity contribution in [2.45, 2.75) is 32.0 Å². The number of aliphatic carboxylic acids is 1. The zero-order chi connectivity index (χ0) is 37.3. The second-order valence-electron chi connectivity index (χ2n) is 10.5. The molecular formula is C32H40N10O9. The molecule has 0 bridgehead atoms. The fourth-order valence-electron chi connectivity index (χ4n) is 4.38. The Bertz CT molecular complexity index is 1860. The highest BCUT2D eigenvalue weighted by Crippen LogP contribution is 2.31. The zero-order valence-electron chi connectivity index (χ0n) is 27.5. The van der Waals surface area contributed by atoms with Crippen LogP contribution < -0.4 is 21.9 Å². The van der Waals surface area contributed by atoms with E-state index in [-0.39, 0.29) is 37.8 Å². The fraction of sp³-hybridized carbons (Fsp3) is 0.281. The molecule has 5 aromatic rings. The third kappa shape index (κ3) is 11.5. The molecule has 19 heteroatoms. The van der Waals surface area contributed by atoms with Crippen molar-refractivity contribution in [2.24, 2.45) is 22.4 Å². The molecule has 0 aliphatic rings. The van der Waals surface area contributed by atoms with Gasteiger partial charge >= 0.3 is 11.9 Å². The lowest BCUT2D eigenvalue weighted by atomic mass is 9.98. The highest BCUT2D eigenvalue weighted by molar-refractivity contribution is 6.01. The van der Waals surface area contributed by atoms with E-state index in [0.29, 0.717) is 36.0 Å². The van der Waals surface area contributed by atoms with Crippen LogP contribution in [0.5, 0.6) is 6.01 Å². The third-order valence-corrected chi connectivity index (χ3v) is 6.78. The molecule has 2 heterocycles. The molecule has 51 heavy (non-hydrogen) atoms. The van der Waals surface area contributed by atoms with Gasteiger partial charge in [-0.1, -0.05) is 54.6 Å². The second-order valence-corrected chi connectivity index (χ2v) is 10.5. The number of ether oxygens (including phenoxy) is 1. The van der Waals surface area contributed by atoms with Crippen LogP contribution in [0.2, 0.25) is 0 Å². The number of rotatable bonds is 14. The van der Waals surface area contributed by atoms with Crippen molar-refractivity contribution in [3.63, 3.8) is 0 Å². The average Bonchev–Trinajstić information content (AvgIpc) is 3.79. The number of aliphatic hydroxyl groups excluding tert-OH is 3. The number of hydrogen-bond acceptors (Lipinski definition) is 13. The van der Waals surface area contributed by atoms with Crippen molar-refractivity contribution >= 4 is 28.9 Å². The number of tetrazole rings is 1. The molecule has 0 saturated heterocycles. The van der Waals surface area contributed by atoms with Crippen molar-refractivity contribution in [3.05, 3.63) is 77.9 Å². The van der Waals surface area contributed by atoms with Gasteiger partial charge in [-0.15, -0.1) is 10.2 Å². The zero-order valence-corrected chi connectivity index (χ0v) is 27.5. The number of carboxylic acid groups (broad SMARTS) is 2. The maximum absolute atomic E-state index is 11.8. The summed E-state index contributed by atoms with van der Waals surface area (Å²) in [5, 5.41) is 59.5. The maximum Gasteiger partial charge on any atom is 0.337 e. The predicted molar refractivity (Wildman–Crippen MR) is 184 cm³/mol. The van der Waals surface area contributed by atoms with Gasteiger partial charge in [0.25, 0.3) is 6.01 Å². The van der Waals surface area contributed by atoms with Crippen LogP contribution in [-0.4, -0.2) is 112 Å². The van der Waals surface area contributed by atoms with Gasteiger partial charge in [0.05, 0.1) is 43.0 Å². The van der Waals surface area contributed by atoms with Crippen LogP contribution in [0, 0.1) is 0 Å². The number of aliphatic hydroxyl groups is 3. The summed E-state index contributed by atoms with van der Waals surface area (Å²) in [6, 6.07) is 20.4. The molecule has 0 spiro atoms. The van der Waals surface area contributed by atoms with Crippen molar-refractivity contribution in [2.75, 3.05) is 26.4 Å². The Balaban J connectivity index is 0.000000324. The van der Waals surface area contributed by atoms with Gasteiger partial charge < -0.3 is 52.3 Å². The minimum Gasteiger partial charge on any atom is -0.480 e. The lowest BCUT2D eigenvalue weighted by Gasteiger charge is -2.12. The SMILES string of the molecule is CCOc1nc2cccc(C(=O)O)c2n1Cc1ccc(-c2ccccc2-c2nn[nH]n2)cc1.NC(N)=NOCCC(N)C(=O)O.OCC(O)CO. The van der Waals surface area contributed by atoms with E-state index in [0.717, 1.165) is 22.3 Å². The molecule has 0 aliphatic carbocycles. The van der Waals surface area contributed by atoms with Crippen LogP contribution in [0.15, 0.2) is 71.9 Å². The summed E-state index contributed by atoms with van der Waals surface area (Å²) in [4.78, 5) is 31.0. The number of imidazole rings is 1. The van der Waals surface area contributed by atoms with Gasteiger partial charge in [-0.05, 0) is 46.1 Å². The number of oxime groups is 1. The first kappa shape index (κ1) is 39.3. The van der Waals surface area contributed by atoms with Crippen LogP contribution in [0.3, 0.4) is 0 Å². The highest BCUT2D eigenvalue weighted by Gasteiger charge is 2.19. The van der Waals surface area contributed by atoms with E-state index in [2.05, 4.69) is 35.6 Å². The average molecular weight is 709 g/mol. The molecule has 0 radical (unpaired) electrons. The van der Waals surface area contributed by atoms with Gasteiger partial charge in [0.15, 0.2) is 0 Å². The summed E-state index contributed by atoms with van der Waals surface area (Å²) in [5.74, 6) is -1.76. The van der Waals surface area contributed by atoms with Crippen LogP contribution in [0.25, 0.3) is 33.5 Å². The van der Waals surface area contributed by atoms with E-state index in [1.807, 2.05) is 60.0 Å². The number of nitrogens with two attached hydrogens (primary N) is 3. The highest BCUT2D eigenvalue weighted by atomic mass is 16.6. The summed E-state index contributed by atoms with van der Waals surface area (Å²) in [6.07, 6.45) is -0.795. The lowest BCUT2D eigenvalue weighted by molar-refractivity contribution is -0.139. The molecule has 272 valence electrons. The number of benzene rings is 3. The van der Waals surface area contributed by atoms with E-state index in [9.17, 15) is 14.7 Å². The second kappa shape index (κ2) is 19.7. The summed E-state index contributed by atoms with van der Waals surface area (Å²) >= 11 is 0. The topological polar surface area (TPSA) is 316 Å². The minimum atomic E-state index is -1.08. The quantitative estimate of drug-likeness (QED) is 0.0325. The van der Waals surface area contributed by atoms with Crippen LogP contribution in [-0.2, 0) is 16.2 Å². The summed E-state index contributed by atoms with van der Waals surface area (Å²) in [5.41, 5.74) is 20.2. The molecule has 0 fully saturated rings. The Kier molecular flexibility index (Phi) is 15.2. The molecule has 1 unspecified atom stereocenters. The van der Waals surface area contributed by atoms with E-state index in [4.69, 9.17) is 42.4 Å². The van der Waals surface area contributed by atoms with Crippen molar-refractivity contribution < 1.29 is 44.7 Å². The standard InChI is InChI=1S/C24H20N6O3.C5H12N4O3.C3H8O3/c1-2-33-24-25-20-9-5-8-19(23(31)32)21(20)30(24)14-15-10-12-16(13-11-15)17-6-3-4-7-18(17)22-26-28-29-27-22;6-3(4(10)11)1-2-12-9-5(7)8;4-1-3(6)2-5/h3-13H,2,14H2,1H3,(H,31,32)(H,26,27,28,29);3H,1-2,6H2,(H,10,11)(H4,7,8,9);3-6H,1-2H2. The monoisotopic (exact) mass is 708 g/mol. The molecule has 0 saturated carbocycles. The Morgan fingerprint density at radius 2 is 1.67 bits per heavy atom. The normalized spacial score (nSPS) is 11.1. The molecule has 3 aromatic carbocycles. The number of H-pyrrole nitrogens is 1. The first-order chi connectivity index (χ1) is 24.5. The van der Waals surface area contributed by atoms with Crippen LogP contribution in [0.4, 0.5) is 0 Å². The van der Waals surface area contributed by atoms with Crippen LogP contribution in [0.1, 0.15) is 29.3 Å². The molecule has 0 amide bonds. The number of carboxylic acids is 2. The maximum atomic E-state index is 11.8. The van der Waals surface area contributed by atoms with Crippen molar-refractivity contribution in [1.82, 2.24) is 30.2 Å². The lowest BCUT2D eigenvalue weighted by Crippen LogP contribution is -2.31. The van der Waals surface area contributed by atoms with E-state index in [1.165, 1.54) is 0 Å². The molecule has 12 N–H and O–H groups in total. The van der Waals surface area contributed by atoms with Gasteiger partial charge in [-0.3, -0.25) is 9.36 Å². The number of hydrogen-bond donors (Lipinski definition) is 9. The molecule has 5 rings (SSSR count). The predicted octanol–water partition coefficient (Wildman–Crippen LogP) is 0.354. The molecule has 1 atom stereocenters. The molecule has 2 aromatic heterocycles. The van der Waals surface area contributed by atoms with Gasteiger partial charge in [0.2, 0.25) is 11.8 Å². The third-order valence-electron chi connectivity index (χ3n) is 6.78.